The van der Waals surface area contributed by atoms with Crippen molar-refractivity contribution in [1.82, 2.24) is 20.0 Å². The Hall–Kier alpha value is -2.83. The number of hydrogen-bond donors (Lipinski definition) is 2. The molecule has 3 aliphatic rings. The molecule has 140 valence electrons. The highest BCUT2D eigenvalue weighted by atomic mass is 16.2. The van der Waals surface area contributed by atoms with Gasteiger partial charge in [-0.3, -0.25) is 14.3 Å². The van der Waals surface area contributed by atoms with Crippen LogP contribution in [0.25, 0.3) is 0 Å². The van der Waals surface area contributed by atoms with Crippen LogP contribution in [0.15, 0.2) is 36.7 Å². The molecule has 2 bridgehead atoms. The van der Waals surface area contributed by atoms with E-state index in [9.17, 15) is 9.59 Å². The average Bonchev–Trinajstić information content (AvgIpc) is 3.34. The van der Waals surface area contributed by atoms with E-state index in [-0.39, 0.29) is 29.9 Å². The van der Waals surface area contributed by atoms with Crippen molar-refractivity contribution in [3.05, 3.63) is 47.8 Å². The van der Waals surface area contributed by atoms with Crippen molar-refractivity contribution >= 4 is 17.5 Å². The normalized spacial score (nSPS) is 28.4. The van der Waals surface area contributed by atoms with Crippen LogP contribution in [-0.4, -0.2) is 44.2 Å². The predicted molar refractivity (Wildman–Crippen MR) is 100 cm³/mol. The maximum Gasteiger partial charge on any atom is 0.257 e. The fraction of sp³-hybridized carbons (Fsp3) is 0.450. The first-order valence-corrected chi connectivity index (χ1v) is 9.55. The zero-order valence-electron chi connectivity index (χ0n) is 15.5. The Morgan fingerprint density at radius 1 is 1.26 bits per heavy atom. The smallest absolute Gasteiger partial charge is 0.257 e. The molecule has 27 heavy (non-hydrogen) atoms. The van der Waals surface area contributed by atoms with Crippen LogP contribution in [0.5, 0.6) is 0 Å². The highest BCUT2D eigenvalue weighted by Crippen LogP contribution is 2.47. The highest BCUT2D eigenvalue weighted by Gasteiger charge is 2.60. The van der Waals surface area contributed by atoms with Gasteiger partial charge in [-0.1, -0.05) is 12.1 Å². The summed E-state index contributed by atoms with van der Waals surface area (Å²) in [6.45, 7) is 4.07. The Kier molecular flexibility index (Phi) is 3.38. The summed E-state index contributed by atoms with van der Waals surface area (Å²) in [5, 5.41) is 11.0. The summed E-state index contributed by atoms with van der Waals surface area (Å²) in [4.78, 5) is 27.9. The molecular weight excluding hydrogens is 342 g/mol. The van der Waals surface area contributed by atoms with E-state index < -0.39 is 5.66 Å². The van der Waals surface area contributed by atoms with Crippen molar-refractivity contribution < 1.29 is 9.59 Å². The van der Waals surface area contributed by atoms with Crippen LogP contribution in [-0.2, 0) is 0 Å². The summed E-state index contributed by atoms with van der Waals surface area (Å²) in [7, 11) is 0. The number of para-hydroxylation sites is 1. The van der Waals surface area contributed by atoms with E-state index in [1.165, 1.54) is 0 Å². The van der Waals surface area contributed by atoms with Gasteiger partial charge >= 0.3 is 0 Å². The van der Waals surface area contributed by atoms with Crippen molar-refractivity contribution in [3.8, 4) is 0 Å². The monoisotopic (exact) mass is 365 g/mol. The molecule has 1 aromatic carbocycles. The minimum atomic E-state index is -0.585. The number of rotatable bonds is 2. The summed E-state index contributed by atoms with van der Waals surface area (Å²) in [6.07, 6.45) is 6.04. The van der Waals surface area contributed by atoms with Gasteiger partial charge in [0.2, 0.25) is 0 Å². The molecule has 0 aliphatic carbocycles. The van der Waals surface area contributed by atoms with Crippen LogP contribution in [0, 0.1) is 0 Å². The maximum atomic E-state index is 13.2. The number of fused-ring (bicyclic) bond motifs is 4. The van der Waals surface area contributed by atoms with Gasteiger partial charge in [0.25, 0.3) is 11.8 Å². The van der Waals surface area contributed by atoms with E-state index >= 15 is 0 Å². The van der Waals surface area contributed by atoms with Crippen LogP contribution >= 0.6 is 0 Å². The van der Waals surface area contributed by atoms with Crippen molar-refractivity contribution in [2.24, 2.45) is 0 Å². The van der Waals surface area contributed by atoms with E-state index in [0.29, 0.717) is 11.1 Å². The fourth-order valence-electron chi connectivity index (χ4n) is 4.86. The third kappa shape index (κ3) is 2.30. The second kappa shape index (κ2) is 5.58. The van der Waals surface area contributed by atoms with E-state index in [4.69, 9.17) is 0 Å². The van der Waals surface area contributed by atoms with Gasteiger partial charge in [0.1, 0.15) is 5.66 Å². The van der Waals surface area contributed by atoms with Gasteiger partial charge in [-0.2, -0.15) is 5.10 Å². The van der Waals surface area contributed by atoms with Crippen LogP contribution < -0.4 is 10.6 Å². The van der Waals surface area contributed by atoms with Crippen LogP contribution in [0.4, 0.5) is 5.69 Å². The van der Waals surface area contributed by atoms with Gasteiger partial charge in [0, 0.05) is 30.4 Å². The van der Waals surface area contributed by atoms with Crippen LogP contribution in [0.1, 0.15) is 59.9 Å². The number of aromatic nitrogens is 2. The van der Waals surface area contributed by atoms with Gasteiger partial charge in [-0.05, 0) is 38.8 Å². The zero-order valence-corrected chi connectivity index (χ0v) is 15.5. The Morgan fingerprint density at radius 3 is 2.85 bits per heavy atom. The Labute approximate surface area is 157 Å². The molecule has 3 atom stereocenters. The molecule has 1 aromatic heterocycles. The summed E-state index contributed by atoms with van der Waals surface area (Å²) in [6, 6.07) is 7.82. The zero-order chi connectivity index (χ0) is 18.8. The van der Waals surface area contributed by atoms with Gasteiger partial charge in [-0.15, -0.1) is 0 Å². The van der Waals surface area contributed by atoms with Crippen LogP contribution in [0.2, 0.25) is 0 Å². The number of carbonyl (C=O) groups excluding carboxylic acids is 2. The molecule has 3 aliphatic heterocycles. The van der Waals surface area contributed by atoms with Crippen LogP contribution in [0.3, 0.4) is 0 Å². The minimum Gasteiger partial charge on any atom is -0.360 e. The Bertz CT molecular complexity index is 936. The minimum absolute atomic E-state index is 0.00109. The molecule has 2 N–H and O–H groups in total. The van der Waals surface area contributed by atoms with E-state index in [1.807, 2.05) is 49.2 Å². The molecule has 2 fully saturated rings. The topological polar surface area (TPSA) is 79.3 Å². The SMILES string of the molecule is CC(C)n1cc(C(=O)N2[C@H]3CC[C@@H]2[C@]2(C3)NC(=O)c3ccccc3N2)cn1. The molecule has 4 heterocycles. The molecule has 0 radical (unpaired) electrons. The lowest BCUT2D eigenvalue weighted by Gasteiger charge is -2.43. The van der Waals surface area contributed by atoms with Gasteiger partial charge in [0.15, 0.2) is 0 Å². The summed E-state index contributed by atoms with van der Waals surface area (Å²) in [5.41, 5.74) is 1.52. The molecule has 7 heteroatoms. The first-order chi connectivity index (χ1) is 13.0. The number of hydrogen-bond acceptors (Lipinski definition) is 4. The molecular formula is C20H23N5O2. The highest BCUT2D eigenvalue weighted by molar-refractivity contribution is 6.02. The molecule has 1 spiro atoms. The third-order valence-electron chi connectivity index (χ3n) is 6.11. The van der Waals surface area contributed by atoms with Crippen molar-refractivity contribution in [3.63, 3.8) is 0 Å². The maximum absolute atomic E-state index is 13.2. The molecule has 0 saturated carbocycles. The molecule has 2 aromatic rings. The number of nitrogens with one attached hydrogen (secondary N) is 2. The Morgan fingerprint density at radius 2 is 2.07 bits per heavy atom. The van der Waals surface area contributed by atoms with E-state index in [0.717, 1.165) is 24.9 Å². The number of amides is 2. The number of anilines is 1. The summed E-state index contributed by atoms with van der Waals surface area (Å²) < 4.78 is 1.80. The molecule has 2 saturated heterocycles. The third-order valence-corrected chi connectivity index (χ3v) is 6.11. The summed E-state index contributed by atoms with van der Waals surface area (Å²) >= 11 is 0. The first kappa shape index (κ1) is 16.4. The van der Waals surface area contributed by atoms with E-state index in [2.05, 4.69) is 15.7 Å². The van der Waals surface area contributed by atoms with Gasteiger partial charge in [-0.25, -0.2) is 0 Å². The molecule has 5 rings (SSSR count). The van der Waals surface area contributed by atoms with Crippen molar-refractivity contribution in [2.75, 3.05) is 5.32 Å². The number of carbonyl (C=O) groups is 2. The quantitative estimate of drug-likeness (QED) is 0.856. The second-order valence-corrected chi connectivity index (χ2v) is 8.06. The standard InChI is InChI=1S/C20H23N5O2/c1-12(2)24-11-13(10-21-24)19(27)25-14-7-8-17(25)20(9-14)22-16-6-4-3-5-15(16)18(26)23-20/h3-6,10-12,14,17,22H,7-9H2,1-2H3,(H,23,26)/t14-,17+,20-/m0/s1. The van der Waals surface area contributed by atoms with Gasteiger partial charge in [0.05, 0.1) is 23.4 Å². The molecule has 2 amide bonds. The average molecular weight is 365 g/mol. The second-order valence-electron chi connectivity index (χ2n) is 8.06. The largest absolute Gasteiger partial charge is 0.360 e. The van der Waals surface area contributed by atoms with Crippen molar-refractivity contribution in [1.29, 1.82) is 0 Å². The van der Waals surface area contributed by atoms with Gasteiger partial charge < -0.3 is 15.5 Å². The number of benzene rings is 1. The molecule has 7 nitrogen and oxygen atoms in total. The lowest BCUT2D eigenvalue weighted by molar-refractivity contribution is 0.0691. The lowest BCUT2D eigenvalue weighted by atomic mass is 9.86. The number of nitrogens with zero attached hydrogens (tertiary/aromatic N) is 3. The molecule has 0 unspecified atom stereocenters. The Balaban J connectivity index is 1.46. The summed E-state index contributed by atoms with van der Waals surface area (Å²) in [5.74, 6) is -0.0712. The van der Waals surface area contributed by atoms with Crippen molar-refractivity contribution in [2.45, 2.75) is 56.9 Å². The fourth-order valence-corrected chi connectivity index (χ4v) is 4.86. The predicted octanol–water partition coefficient (Wildman–Crippen LogP) is 2.39. The lowest BCUT2D eigenvalue weighted by Crippen LogP contribution is -2.64. The first-order valence-electron chi connectivity index (χ1n) is 9.55. The van der Waals surface area contributed by atoms with E-state index in [1.54, 1.807) is 10.9 Å².